The smallest absolute Gasteiger partial charge is 0.342 e. The van der Waals surface area contributed by atoms with Gasteiger partial charge in [-0.15, -0.1) is 0 Å². The van der Waals surface area contributed by atoms with Gasteiger partial charge in [0.1, 0.15) is 16.9 Å². The van der Waals surface area contributed by atoms with Gasteiger partial charge < -0.3 is 9.15 Å². The van der Waals surface area contributed by atoms with Crippen LogP contribution in [0.3, 0.4) is 0 Å². The molecular formula is C24H20O3. The summed E-state index contributed by atoms with van der Waals surface area (Å²) < 4.78 is 11.6. The predicted molar refractivity (Wildman–Crippen MR) is 107 cm³/mol. The van der Waals surface area contributed by atoms with Crippen molar-refractivity contribution in [2.75, 3.05) is 6.61 Å². The maximum absolute atomic E-state index is 12.7. The van der Waals surface area contributed by atoms with Gasteiger partial charge in [-0.3, -0.25) is 0 Å². The largest absolute Gasteiger partial charge is 0.462 e. The van der Waals surface area contributed by atoms with Crippen LogP contribution in [0.2, 0.25) is 0 Å². The third-order valence-corrected chi connectivity index (χ3v) is 4.55. The Balaban J connectivity index is 1.90. The number of carbonyl (C=O) groups excluding carboxylic acids is 1. The highest BCUT2D eigenvalue weighted by Crippen LogP contribution is 2.36. The van der Waals surface area contributed by atoms with Crippen molar-refractivity contribution in [2.24, 2.45) is 0 Å². The van der Waals surface area contributed by atoms with Gasteiger partial charge in [-0.25, -0.2) is 4.79 Å². The topological polar surface area (TPSA) is 39.4 Å². The van der Waals surface area contributed by atoms with E-state index in [-0.39, 0.29) is 5.97 Å². The molecule has 0 saturated heterocycles. The summed E-state index contributed by atoms with van der Waals surface area (Å²) in [6.07, 6.45) is 0.738. The van der Waals surface area contributed by atoms with Crippen molar-refractivity contribution < 1.29 is 13.9 Å². The van der Waals surface area contributed by atoms with E-state index in [1.807, 2.05) is 73.7 Å². The highest BCUT2D eigenvalue weighted by molar-refractivity contribution is 6.09. The first-order valence-electron chi connectivity index (χ1n) is 9.08. The number of para-hydroxylation sites is 1. The fraction of sp³-hybridized carbons (Fsp3) is 0.125. The van der Waals surface area contributed by atoms with E-state index in [1.54, 1.807) is 0 Å². The Morgan fingerprint density at radius 2 is 1.59 bits per heavy atom. The molecule has 0 spiro atoms. The molecule has 0 N–H and O–H groups in total. The van der Waals surface area contributed by atoms with Crippen LogP contribution in [0.1, 0.15) is 28.4 Å². The van der Waals surface area contributed by atoms with Gasteiger partial charge >= 0.3 is 5.97 Å². The molecule has 3 heteroatoms. The first-order valence-corrected chi connectivity index (χ1v) is 9.08. The van der Waals surface area contributed by atoms with Crippen LogP contribution in [0.15, 0.2) is 83.3 Å². The average molecular weight is 356 g/mol. The minimum absolute atomic E-state index is 0.323. The monoisotopic (exact) mass is 356 g/mol. The van der Waals surface area contributed by atoms with Gasteiger partial charge in [0, 0.05) is 17.4 Å². The Morgan fingerprint density at radius 1 is 0.889 bits per heavy atom. The van der Waals surface area contributed by atoms with E-state index in [2.05, 4.69) is 12.1 Å². The molecule has 0 atom stereocenters. The molecule has 0 aliphatic rings. The lowest BCUT2D eigenvalue weighted by atomic mass is 10.0. The summed E-state index contributed by atoms with van der Waals surface area (Å²) in [5, 5.41) is 0.792. The number of esters is 1. The lowest BCUT2D eigenvalue weighted by Gasteiger charge is -2.03. The average Bonchev–Trinajstić information content (AvgIpc) is 3.10. The fourth-order valence-corrected chi connectivity index (χ4v) is 3.33. The van der Waals surface area contributed by atoms with Gasteiger partial charge in [0.05, 0.1) is 6.61 Å². The van der Waals surface area contributed by atoms with E-state index in [9.17, 15) is 4.79 Å². The standard InChI is InChI=1S/C24H20O3/c1-2-26-24(25)21-20-15-9-14-19(16-17-10-5-3-6-11-17)22(20)27-23(21)18-12-7-4-8-13-18/h3-15H,2,16H2,1H3. The summed E-state index contributed by atoms with van der Waals surface area (Å²) >= 11 is 0. The number of furan rings is 1. The summed E-state index contributed by atoms with van der Waals surface area (Å²) in [6.45, 7) is 2.13. The van der Waals surface area contributed by atoms with Gasteiger partial charge in [0.15, 0.2) is 0 Å². The second-order valence-corrected chi connectivity index (χ2v) is 6.35. The van der Waals surface area contributed by atoms with E-state index < -0.39 is 0 Å². The first kappa shape index (κ1) is 17.1. The molecule has 0 radical (unpaired) electrons. The summed E-state index contributed by atoms with van der Waals surface area (Å²) in [6, 6.07) is 25.9. The van der Waals surface area contributed by atoms with Crippen molar-refractivity contribution in [1.29, 1.82) is 0 Å². The van der Waals surface area contributed by atoms with Crippen molar-refractivity contribution in [3.8, 4) is 11.3 Å². The second-order valence-electron chi connectivity index (χ2n) is 6.35. The quantitative estimate of drug-likeness (QED) is 0.420. The molecule has 0 saturated carbocycles. The van der Waals surface area contributed by atoms with Gasteiger partial charge in [-0.1, -0.05) is 78.9 Å². The van der Waals surface area contributed by atoms with Crippen LogP contribution in [-0.4, -0.2) is 12.6 Å². The predicted octanol–water partition coefficient (Wildman–Crippen LogP) is 5.87. The van der Waals surface area contributed by atoms with Crippen LogP contribution in [0.4, 0.5) is 0 Å². The number of hydrogen-bond donors (Lipinski definition) is 0. The summed E-state index contributed by atoms with van der Waals surface area (Å²) in [5.74, 6) is 0.205. The number of fused-ring (bicyclic) bond motifs is 1. The molecule has 0 fully saturated rings. The Bertz CT molecular complexity index is 1060. The fourth-order valence-electron chi connectivity index (χ4n) is 3.33. The zero-order valence-electron chi connectivity index (χ0n) is 15.1. The number of carbonyl (C=O) groups is 1. The normalized spacial score (nSPS) is 10.9. The maximum Gasteiger partial charge on any atom is 0.342 e. The number of hydrogen-bond acceptors (Lipinski definition) is 3. The number of rotatable bonds is 5. The Labute approximate surface area is 158 Å². The molecular weight excluding hydrogens is 336 g/mol. The molecule has 0 aliphatic carbocycles. The van der Waals surface area contributed by atoms with E-state index in [1.165, 1.54) is 5.56 Å². The lowest BCUT2D eigenvalue weighted by molar-refractivity contribution is 0.0529. The highest BCUT2D eigenvalue weighted by atomic mass is 16.5. The molecule has 3 aromatic carbocycles. The zero-order valence-corrected chi connectivity index (χ0v) is 15.1. The molecule has 27 heavy (non-hydrogen) atoms. The van der Waals surface area contributed by atoms with Gasteiger partial charge in [0.2, 0.25) is 0 Å². The summed E-state index contributed by atoms with van der Waals surface area (Å²) in [4.78, 5) is 12.7. The van der Waals surface area contributed by atoms with E-state index in [4.69, 9.17) is 9.15 Å². The maximum atomic E-state index is 12.7. The molecule has 0 amide bonds. The molecule has 0 unspecified atom stereocenters. The number of benzene rings is 3. The molecule has 1 aromatic heterocycles. The van der Waals surface area contributed by atoms with Crippen LogP contribution in [0, 0.1) is 0 Å². The SMILES string of the molecule is CCOC(=O)c1c(-c2ccccc2)oc2c(Cc3ccccc3)cccc12. The van der Waals surface area contributed by atoms with E-state index in [0.29, 0.717) is 17.9 Å². The molecule has 4 aromatic rings. The minimum Gasteiger partial charge on any atom is -0.462 e. The van der Waals surface area contributed by atoms with Crippen molar-refractivity contribution in [1.82, 2.24) is 0 Å². The van der Waals surface area contributed by atoms with Crippen molar-refractivity contribution in [2.45, 2.75) is 13.3 Å². The first-order chi connectivity index (χ1) is 13.3. The van der Waals surface area contributed by atoms with E-state index in [0.717, 1.165) is 28.5 Å². The van der Waals surface area contributed by atoms with Gasteiger partial charge in [-0.05, 0) is 18.1 Å². The van der Waals surface area contributed by atoms with Crippen LogP contribution in [-0.2, 0) is 11.2 Å². The molecule has 4 rings (SSSR count). The van der Waals surface area contributed by atoms with Gasteiger partial charge in [0.25, 0.3) is 0 Å². The zero-order chi connectivity index (χ0) is 18.6. The molecule has 0 aliphatic heterocycles. The molecule has 3 nitrogen and oxygen atoms in total. The summed E-state index contributed by atoms with van der Waals surface area (Å²) in [5.41, 5.74) is 4.34. The number of ether oxygens (including phenoxy) is 1. The van der Waals surface area contributed by atoms with Crippen molar-refractivity contribution in [3.05, 3.63) is 95.6 Å². The minimum atomic E-state index is -0.355. The van der Waals surface area contributed by atoms with Crippen molar-refractivity contribution >= 4 is 16.9 Å². The van der Waals surface area contributed by atoms with Crippen LogP contribution in [0.5, 0.6) is 0 Å². The van der Waals surface area contributed by atoms with Crippen LogP contribution >= 0.6 is 0 Å². The van der Waals surface area contributed by atoms with Crippen molar-refractivity contribution in [3.63, 3.8) is 0 Å². The Hall–Kier alpha value is -3.33. The highest BCUT2D eigenvalue weighted by Gasteiger charge is 2.24. The summed E-state index contributed by atoms with van der Waals surface area (Å²) in [7, 11) is 0. The lowest BCUT2D eigenvalue weighted by Crippen LogP contribution is -2.05. The van der Waals surface area contributed by atoms with Crippen LogP contribution < -0.4 is 0 Å². The molecule has 0 bridgehead atoms. The van der Waals surface area contributed by atoms with Gasteiger partial charge in [-0.2, -0.15) is 0 Å². The van der Waals surface area contributed by atoms with Crippen LogP contribution in [0.25, 0.3) is 22.3 Å². The third kappa shape index (κ3) is 3.36. The second kappa shape index (κ2) is 7.50. The Kier molecular flexibility index (Phi) is 4.75. The Morgan fingerprint density at radius 3 is 2.30 bits per heavy atom. The molecule has 1 heterocycles. The molecule has 134 valence electrons. The van der Waals surface area contributed by atoms with E-state index >= 15 is 0 Å². The third-order valence-electron chi connectivity index (χ3n) is 4.55.